The zero-order valence-electron chi connectivity index (χ0n) is 10.5. The van der Waals surface area contributed by atoms with Crippen LogP contribution in [0.2, 0.25) is 0 Å². The van der Waals surface area contributed by atoms with E-state index in [1.807, 2.05) is 42.5 Å². The molecule has 2 aromatic carbocycles. The molecule has 1 amide bonds. The van der Waals surface area contributed by atoms with Gasteiger partial charge < -0.3 is 9.73 Å². The zero-order chi connectivity index (χ0) is 13.9. The second kappa shape index (κ2) is 5.35. The van der Waals surface area contributed by atoms with Crippen molar-refractivity contribution in [1.82, 2.24) is 4.98 Å². The molecule has 0 unspecified atom stereocenters. The Labute approximate surface area is 120 Å². The lowest BCUT2D eigenvalue weighted by Crippen LogP contribution is -2.13. The smallest absolute Gasteiger partial charge is 0.239 e. The van der Waals surface area contributed by atoms with Crippen LogP contribution in [0.1, 0.15) is 0 Å². The summed E-state index contributed by atoms with van der Waals surface area (Å²) in [6, 6.07) is 14.8. The van der Waals surface area contributed by atoms with Crippen LogP contribution in [0.5, 0.6) is 0 Å². The number of carbonyl (C=O) groups is 1. The molecule has 3 aromatic rings. The van der Waals surface area contributed by atoms with E-state index in [0.29, 0.717) is 17.2 Å². The minimum Gasteiger partial charge on any atom is -0.436 e. The molecule has 0 radical (unpaired) electrons. The number of anilines is 1. The Morgan fingerprint density at radius 1 is 1.15 bits per heavy atom. The summed E-state index contributed by atoms with van der Waals surface area (Å²) in [5, 5.41) is 2.73. The van der Waals surface area contributed by atoms with Gasteiger partial charge in [0, 0.05) is 0 Å². The second-order valence-electron chi connectivity index (χ2n) is 4.21. The molecule has 4 nitrogen and oxygen atoms in total. The van der Waals surface area contributed by atoms with Crippen LogP contribution in [0.25, 0.3) is 22.6 Å². The van der Waals surface area contributed by atoms with Crippen molar-refractivity contribution < 1.29 is 9.21 Å². The van der Waals surface area contributed by atoms with Gasteiger partial charge in [-0.2, -0.15) is 0 Å². The fourth-order valence-electron chi connectivity index (χ4n) is 1.95. The Kier molecular flexibility index (Phi) is 3.39. The van der Waals surface area contributed by atoms with E-state index in [2.05, 4.69) is 10.3 Å². The third-order valence-corrected chi connectivity index (χ3v) is 3.09. The van der Waals surface area contributed by atoms with Crippen LogP contribution < -0.4 is 5.32 Å². The van der Waals surface area contributed by atoms with Gasteiger partial charge in [-0.1, -0.05) is 24.3 Å². The number of oxazole rings is 1. The van der Waals surface area contributed by atoms with E-state index < -0.39 is 0 Å². The predicted octanol–water partition coefficient (Wildman–Crippen LogP) is 3.67. The van der Waals surface area contributed by atoms with Gasteiger partial charge >= 0.3 is 0 Å². The first kappa shape index (κ1) is 12.7. The largest absolute Gasteiger partial charge is 0.436 e. The fourth-order valence-corrected chi connectivity index (χ4v) is 2.02. The Hall–Kier alpha value is -2.33. The molecule has 1 N–H and O–H groups in total. The highest BCUT2D eigenvalue weighted by Crippen LogP contribution is 2.29. The van der Waals surface area contributed by atoms with Crippen molar-refractivity contribution in [2.75, 3.05) is 11.2 Å². The third kappa shape index (κ3) is 2.38. The highest BCUT2D eigenvalue weighted by atomic mass is 35.5. The number of alkyl halides is 1. The number of amides is 1. The number of rotatable bonds is 3. The molecule has 100 valence electrons. The maximum absolute atomic E-state index is 11.4. The van der Waals surface area contributed by atoms with Crippen LogP contribution >= 0.6 is 11.6 Å². The molecule has 0 saturated carbocycles. The van der Waals surface area contributed by atoms with Crippen LogP contribution in [0.15, 0.2) is 52.9 Å². The molecule has 0 spiro atoms. The van der Waals surface area contributed by atoms with Gasteiger partial charge in [0.25, 0.3) is 0 Å². The monoisotopic (exact) mass is 286 g/mol. The molecule has 1 aromatic heterocycles. The lowest BCUT2D eigenvalue weighted by Gasteiger charge is -2.06. The van der Waals surface area contributed by atoms with Gasteiger partial charge in [0.2, 0.25) is 11.8 Å². The van der Waals surface area contributed by atoms with Gasteiger partial charge in [-0.25, -0.2) is 4.98 Å². The van der Waals surface area contributed by atoms with Crippen molar-refractivity contribution >= 4 is 34.3 Å². The molecule has 0 aliphatic carbocycles. The second-order valence-corrected chi connectivity index (χ2v) is 4.48. The average Bonchev–Trinajstić information content (AvgIpc) is 2.91. The van der Waals surface area contributed by atoms with Crippen molar-refractivity contribution in [2.45, 2.75) is 0 Å². The lowest BCUT2D eigenvalue weighted by molar-refractivity contribution is -0.113. The number of fused-ring (bicyclic) bond motifs is 1. The van der Waals surface area contributed by atoms with Gasteiger partial charge in [-0.3, -0.25) is 4.79 Å². The van der Waals surface area contributed by atoms with Crippen molar-refractivity contribution in [3.8, 4) is 11.5 Å². The summed E-state index contributed by atoms with van der Waals surface area (Å²) in [6.07, 6.45) is 0. The minimum absolute atomic E-state index is 0.0953. The summed E-state index contributed by atoms with van der Waals surface area (Å²) < 4.78 is 5.71. The number of hydrogen-bond donors (Lipinski definition) is 1. The Balaban J connectivity index is 2.07. The topological polar surface area (TPSA) is 55.1 Å². The molecule has 0 atom stereocenters. The summed E-state index contributed by atoms with van der Waals surface area (Å²) in [5.41, 5.74) is 2.84. The highest BCUT2D eigenvalue weighted by Gasteiger charge is 2.13. The van der Waals surface area contributed by atoms with Crippen molar-refractivity contribution in [1.29, 1.82) is 0 Å². The van der Waals surface area contributed by atoms with E-state index in [-0.39, 0.29) is 11.8 Å². The zero-order valence-corrected chi connectivity index (χ0v) is 11.2. The van der Waals surface area contributed by atoms with E-state index in [0.717, 1.165) is 11.1 Å². The number of para-hydroxylation sites is 3. The Morgan fingerprint density at radius 3 is 2.70 bits per heavy atom. The minimum atomic E-state index is -0.268. The van der Waals surface area contributed by atoms with Gasteiger partial charge in [0.15, 0.2) is 5.58 Å². The molecule has 5 heteroatoms. The lowest BCUT2D eigenvalue weighted by atomic mass is 10.2. The number of nitrogens with zero attached hydrogens (tertiary/aromatic N) is 1. The van der Waals surface area contributed by atoms with Crippen molar-refractivity contribution in [3.63, 3.8) is 0 Å². The molecular weight excluding hydrogens is 276 g/mol. The Morgan fingerprint density at radius 2 is 1.90 bits per heavy atom. The molecule has 0 saturated heterocycles. The molecule has 0 aliphatic heterocycles. The molecule has 3 rings (SSSR count). The third-order valence-electron chi connectivity index (χ3n) is 2.85. The summed E-state index contributed by atoms with van der Waals surface area (Å²) >= 11 is 5.51. The maximum atomic E-state index is 11.4. The average molecular weight is 287 g/mol. The molecule has 20 heavy (non-hydrogen) atoms. The van der Waals surface area contributed by atoms with Gasteiger partial charge in [0.1, 0.15) is 11.4 Å². The van der Waals surface area contributed by atoms with Crippen LogP contribution in [0, 0.1) is 0 Å². The maximum Gasteiger partial charge on any atom is 0.239 e. The first-order valence-corrected chi connectivity index (χ1v) is 6.62. The fraction of sp³-hybridized carbons (Fsp3) is 0.0667. The molecular formula is C15H11ClN2O2. The summed E-state index contributed by atoms with van der Waals surface area (Å²) in [5.74, 6) is 0.105. The molecule has 0 aliphatic rings. The summed E-state index contributed by atoms with van der Waals surface area (Å²) in [4.78, 5) is 15.9. The number of nitrogens with one attached hydrogen (secondary N) is 1. The van der Waals surface area contributed by atoms with E-state index in [4.69, 9.17) is 16.0 Å². The molecule has 0 bridgehead atoms. The Bertz CT molecular complexity index is 734. The first-order valence-electron chi connectivity index (χ1n) is 6.09. The molecule has 0 fully saturated rings. The van der Waals surface area contributed by atoms with E-state index in [1.54, 1.807) is 6.07 Å². The number of halogens is 1. The number of benzene rings is 2. The number of hydrogen-bond acceptors (Lipinski definition) is 3. The number of aromatic nitrogens is 1. The van der Waals surface area contributed by atoms with Gasteiger partial charge in [0.05, 0.1) is 11.3 Å². The van der Waals surface area contributed by atoms with E-state index in [1.165, 1.54) is 0 Å². The van der Waals surface area contributed by atoms with Gasteiger partial charge in [-0.15, -0.1) is 11.6 Å². The van der Waals surface area contributed by atoms with Gasteiger partial charge in [-0.05, 0) is 24.3 Å². The predicted molar refractivity (Wildman–Crippen MR) is 78.8 cm³/mol. The van der Waals surface area contributed by atoms with Crippen LogP contribution in [0.4, 0.5) is 5.69 Å². The van der Waals surface area contributed by atoms with Crippen molar-refractivity contribution in [2.24, 2.45) is 0 Å². The standard InChI is InChI=1S/C15H11ClN2O2/c16-9-14(19)17-11-6-2-1-5-10(11)15-18-12-7-3-4-8-13(12)20-15/h1-8H,9H2,(H,17,19). The van der Waals surface area contributed by atoms with Crippen LogP contribution in [-0.2, 0) is 4.79 Å². The van der Waals surface area contributed by atoms with Crippen LogP contribution in [0.3, 0.4) is 0 Å². The first-order chi connectivity index (χ1) is 9.78. The quantitative estimate of drug-likeness (QED) is 0.747. The highest BCUT2D eigenvalue weighted by molar-refractivity contribution is 6.29. The SMILES string of the molecule is O=C(CCl)Nc1ccccc1-c1nc2ccccc2o1. The normalized spacial score (nSPS) is 10.7. The van der Waals surface area contributed by atoms with E-state index in [9.17, 15) is 4.79 Å². The summed E-state index contributed by atoms with van der Waals surface area (Å²) in [6.45, 7) is 0. The summed E-state index contributed by atoms with van der Waals surface area (Å²) in [7, 11) is 0. The molecule has 1 heterocycles. The number of carbonyl (C=O) groups excluding carboxylic acids is 1. The van der Waals surface area contributed by atoms with Crippen molar-refractivity contribution in [3.05, 3.63) is 48.5 Å². The van der Waals surface area contributed by atoms with Crippen LogP contribution in [-0.4, -0.2) is 16.8 Å². The van der Waals surface area contributed by atoms with E-state index >= 15 is 0 Å².